The van der Waals surface area contributed by atoms with Crippen LogP contribution in [0.15, 0.2) is 88.7 Å². The van der Waals surface area contributed by atoms with Gasteiger partial charge in [-0.25, -0.2) is 13.2 Å². The minimum atomic E-state index is -3.38. The molecule has 1 aliphatic heterocycles. The van der Waals surface area contributed by atoms with Gasteiger partial charge in [0.1, 0.15) is 0 Å². The Morgan fingerprint density at radius 1 is 1.00 bits per heavy atom. The van der Waals surface area contributed by atoms with Crippen molar-refractivity contribution in [2.75, 3.05) is 5.75 Å². The number of hydrogen-bond acceptors (Lipinski definition) is 8. The molecule has 8 nitrogen and oxygen atoms in total. The second kappa shape index (κ2) is 12.5. The van der Waals surface area contributed by atoms with E-state index in [9.17, 15) is 22.8 Å². The summed E-state index contributed by atoms with van der Waals surface area (Å²) in [5.74, 6) is -1.22. The van der Waals surface area contributed by atoms with Crippen LogP contribution >= 0.6 is 23.4 Å². The number of nitrogens with one attached hydrogen (secondary N) is 1. The van der Waals surface area contributed by atoms with E-state index in [0.717, 1.165) is 17.3 Å². The van der Waals surface area contributed by atoms with Crippen molar-refractivity contribution in [1.82, 2.24) is 5.32 Å². The molecule has 3 aromatic carbocycles. The molecule has 1 fully saturated rings. The maximum atomic E-state index is 12.4. The summed E-state index contributed by atoms with van der Waals surface area (Å²) in [5, 5.41) is 10.2. The zero-order valence-corrected chi connectivity index (χ0v) is 21.0. The molecule has 0 radical (unpaired) electrons. The zero-order valence-electron chi connectivity index (χ0n) is 18.6. The van der Waals surface area contributed by atoms with Crippen molar-refractivity contribution in [1.29, 1.82) is 0 Å². The summed E-state index contributed by atoms with van der Waals surface area (Å²) in [6.07, 6.45) is 2.01. The highest BCUT2D eigenvalue weighted by atomic mass is 35.5. The molecular weight excluding hydrogens is 526 g/mol. The fourth-order valence-electron chi connectivity index (χ4n) is 3.03. The van der Waals surface area contributed by atoms with E-state index in [1.54, 1.807) is 30.3 Å². The van der Waals surface area contributed by atoms with Crippen molar-refractivity contribution >= 4 is 56.4 Å². The van der Waals surface area contributed by atoms with Gasteiger partial charge in [-0.05, 0) is 65.7 Å². The molecule has 36 heavy (non-hydrogen) atoms. The van der Waals surface area contributed by atoms with E-state index < -0.39 is 27.0 Å². The SMILES string of the molecule is O=C(OO)c1cccc(Cl)c1.O=C1NC(=O)/C(=C\c2ccc(S(=O)(=O)CCc3ccccc3)cc2)S1. The highest BCUT2D eigenvalue weighted by Gasteiger charge is 2.25. The lowest BCUT2D eigenvalue weighted by molar-refractivity contribution is -0.182. The molecule has 3 aromatic rings. The Kier molecular flexibility index (Phi) is 9.43. The maximum Gasteiger partial charge on any atom is 0.372 e. The third kappa shape index (κ3) is 7.79. The van der Waals surface area contributed by atoms with E-state index in [0.29, 0.717) is 21.9 Å². The molecule has 0 saturated carbocycles. The van der Waals surface area contributed by atoms with E-state index in [4.69, 9.17) is 16.9 Å². The van der Waals surface area contributed by atoms with Gasteiger partial charge in [-0.2, -0.15) is 5.26 Å². The number of carbonyl (C=O) groups is 3. The highest BCUT2D eigenvalue weighted by molar-refractivity contribution is 8.18. The van der Waals surface area contributed by atoms with E-state index in [1.165, 1.54) is 24.3 Å². The third-order valence-corrected chi connectivity index (χ3v) is 7.60. The van der Waals surface area contributed by atoms with Crippen LogP contribution in [0.3, 0.4) is 0 Å². The van der Waals surface area contributed by atoms with Crippen LogP contribution in [-0.4, -0.2) is 36.5 Å². The van der Waals surface area contributed by atoms with Gasteiger partial charge in [-0.1, -0.05) is 60.1 Å². The zero-order chi connectivity index (χ0) is 26.1. The summed E-state index contributed by atoms with van der Waals surface area (Å²) in [7, 11) is -3.38. The van der Waals surface area contributed by atoms with Gasteiger partial charge in [-0.15, -0.1) is 0 Å². The van der Waals surface area contributed by atoms with Crippen LogP contribution in [0.1, 0.15) is 21.5 Å². The quantitative estimate of drug-likeness (QED) is 0.252. The molecule has 0 spiro atoms. The molecule has 2 amide bonds. The lowest BCUT2D eigenvalue weighted by Gasteiger charge is -2.05. The van der Waals surface area contributed by atoms with Crippen LogP contribution in [0.4, 0.5) is 4.79 Å². The van der Waals surface area contributed by atoms with Crippen molar-refractivity contribution in [2.45, 2.75) is 11.3 Å². The fourth-order valence-corrected chi connectivity index (χ4v) is 5.19. The summed E-state index contributed by atoms with van der Waals surface area (Å²) < 4.78 is 24.9. The van der Waals surface area contributed by atoms with Crippen LogP contribution in [0.25, 0.3) is 6.08 Å². The molecule has 4 rings (SSSR count). The largest absolute Gasteiger partial charge is 0.372 e. The van der Waals surface area contributed by atoms with Gasteiger partial charge in [-0.3, -0.25) is 19.8 Å². The molecule has 0 bridgehead atoms. The van der Waals surface area contributed by atoms with Gasteiger partial charge in [0.05, 0.1) is 21.1 Å². The molecule has 1 aliphatic rings. The third-order valence-electron chi connectivity index (χ3n) is 4.82. The predicted octanol–water partition coefficient (Wildman–Crippen LogP) is 5.00. The Hall–Kier alpha value is -3.44. The number of carbonyl (C=O) groups excluding carboxylic acids is 3. The lowest BCUT2D eigenvalue weighted by atomic mass is 10.2. The monoisotopic (exact) mass is 545 g/mol. The first-order chi connectivity index (χ1) is 17.2. The molecule has 2 N–H and O–H groups in total. The number of hydrogen-bond donors (Lipinski definition) is 2. The second-order valence-electron chi connectivity index (χ2n) is 7.36. The number of sulfone groups is 1. The molecule has 0 aromatic heterocycles. The number of thioether (sulfide) groups is 1. The lowest BCUT2D eigenvalue weighted by Crippen LogP contribution is -2.17. The highest BCUT2D eigenvalue weighted by Crippen LogP contribution is 2.26. The van der Waals surface area contributed by atoms with Crippen molar-refractivity contribution < 1.29 is 32.9 Å². The molecule has 11 heteroatoms. The first-order valence-electron chi connectivity index (χ1n) is 10.4. The Morgan fingerprint density at radius 2 is 1.69 bits per heavy atom. The first-order valence-corrected chi connectivity index (χ1v) is 13.3. The molecule has 1 heterocycles. The van der Waals surface area contributed by atoms with Gasteiger partial charge >= 0.3 is 5.97 Å². The number of imide groups is 1. The maximum absolute atomic E-state index is 12.4. The van der Waals surface area contributed by atoms with Crippen molar-refractivity contribution in [2.24, 2.45) is 0 Å². The Labute approximate surface area is 216 Å². The van der Waals surface area contributed by atoms with Crippen LogP contribution in [0, 0.1) is 0 Å². The van der Waals surface area contributed by atoms with Gasteiger partial charge in [0, 0.05) is 5.02 Å². The molecule has 0 atom stereocenters. The van der Waals surface area contributed by atoms with E-state index >= 15 is 0 Å². The van der Waals surface area contributed by atoms with Gasteiger partial charge in [0.25, 0.3) is 11.1 Å². The molecular formula is C25H20ClNO7S2. The smallest absolute Gasteiger partial charge is 0.296 e. The van der Waals surface area contributed by atoms with Crippen LogP contribution in [0.5, 0.6) is 0 Å². The number of aryl methyl sites for hydroxylation is 1. The Bertz CT molecular complexity index is 1390. The minimum Gasteiger partial charge on any atom is -0.296 e. The van der Waals surface area contributed by atoms with Crippen LogP contribution in [-0.2, 0) is 25.9 Å². The number of rotatable bonds is 6. The Morgan fingerprint density at radius 3 is 2.28 bits per heavy atom. The fraction of sp³-hybridized carbons (Fsp3) is 0.0800. The average Bonchev–Trinajstić information content (AvgIpc) is 3.19. The van der Waals surface area contributed by atoms with Gasteiger partial charge < -0.3 is 0 Å². The van der Waals surface area contributed by atoms with Crippen molar-refractivity contribution in [3.63, 3.8) is 0 Å². The molecule has 0 aliphatic carbocycles. The summed E-state index contributed by atoms with van der Waals surface area (Å²) in [5.41, 5.74) is 1.86. The minimum absolute atomic E-state index is 0.0320. The first kappa shape index (κ1) is 27.2. The number of benzene rings is 3. The van der Waals surface area contributed by atoms with Crippen LogP contribution in [0.2, 0.25) is 5.02 Å². The Balaban J connectivity index is 0.000000275. The molecule has 1 saturated heterocycles. The van der Waals surface area contributed by atoms with Gasteiger partial charge in [0.15, 0.2) is 9.84 Å². The topological polar surface area (TPSA) is 127 Å². The number of amides is 2. The van der Waals surface area contributed by atoms with Gasteiger partial charge in [0.2, 0.25) is 0 Å². The van der Waals surface area contributed by atoms with Crippen molar-refractivity contribution in [3.8, 4) is 0 Å². The predicted molar refractivity (Wildman–Crippen MR) is 137 cm³/mol. The number of halogens is 1. The van der Waals surface area contributed by atoms with Crippen LogP contribution < -0.4 is 5.32 Å². The normalized spacial score (nSPS) is 14.1. The summed E-state index contributed by atoms with van der Waals surface area (Å²) in [4.78, 5) is 37.3. The standard InChI is InChI=1S/C18H15NO4S2.C7H5ClO3/c20-17-16(24-18(21)19-17)12-14-6-8-15(9-7-14)25(22,23)11-10-13-4-2-1-3-5-13;8-6-3-1-2-5(4-6)7(9)11-10/h1-9,12H,10-11H2,(H,19,20,21);1-4,10H/b16-12+;. The summed E-state index contributed by atoms with van der Waals surface area (Å²) in [6, 6.07) is 21.8. The second-order valence-corrected chi connectivity index (χ2v) is 10.9. The van der Waals surface area contributed by atoms with Crippen molar-refractivity contribution in [3.05, 3.63) is 105 Å². The van der Waals surface area contributed by atoms with E-state index in [2.05, 4.69) is 10.2 Å². The summed E-state index contributed by atoms with van der Waals surface area (Å²) in [6.45, 7) is 0. The molecule has 186 valence electrons. The van der Waals surface area contributed by atoms with E-state index in [1.807, 2.05) is 30.3 Å². The average molecular weight is 546 g/mol. The van der Waals surface area contributed by atoms with E-state index in [-0.39, 0.29) is 16.2 Å². The summed E-state index contributed by atoms with van der Waals surface area (Å²) >= 11 is 6.38. The molecule has 0 unspecified atom stereocenters.